The van der Waals surface area contributed by atoms with Crippen molar-refractivity contribution >= 4 is 28.8 Å². The van der Waals surface area contributed by atoms with Gasteiger partial charge in [0.2, 0.25) is 0 Å². The molecule has 1 amide bonds. The number of hydrogen-bond acceptors (Lipinski definition) is 4. The van der Waals surface area contributed by atoms with Crippen LogP contribution in [0.5, 0.6) is 0 Å². The number of nitrogens with one attached hydrogen (secondary N) is 1. The van der Waals surface area contributed by atoms with Gasteiger partial charge in [-0.3, -0.25) is 14.1 Å². The average molecular weight is 486 g/mol. The molecule has 1 aliphatic rings. The highest BCUT2D eigenvalue weighted by atomic mass is 35.5. The molecule has 1 atom stereocenters. The zero-order valence-corrected chi connectivity index (χ0v) is 20.6. The summed E-state index contributed by atoms with van der Waals surface area (Å²) in [5, 5.41) is 9.13. The summed E-state index contributed by atoms with van der Waals surface area (Å²) in [4.78, 5) is 24.0. The summed E-state index contributed by atoms with van der Waals surface area (Å²) in [6.45, 7) is 8.10. The van der Waals surface area contributed by atoms with Crippen LogP contribution in [0, 0.1) is 13.8 Å². The van der Waals surface area contributed by atoms with E-state index in [0.717, 1.165) is 45.5 Å². The zero-order valence-electron chi connectivity index (χ0n) is 19.8. The standard InChI is InChI=1S/C26H24ClN7O/c1-14(2)33-23-21(29-25(33)20-6-5-11-28-20)26(35)34(22(23)17-7-9-18(27)10-8-17)19-12-15(3)24-31-30-16(4)32(24)13-19/h5-14,22,28H,1-4H3. The number of benzene rings is 1. The number of carbonyl (C=O) groups excluding carboxylic acids is 1. The second-order valence-corrected chi connectivity index (χ2v) is 9.60. The van der Waals surface area contributed by atoms with Gasteiger partial charge in [-0.2, -0.15) is 0 Å². The Labute approximate surface area is 207 Å². The van der Waals surface area contributed by atoms with Gasteiger partial charge in [0, 0.05) is 23.5 Å². The minimum absolute atomic E-state index is 0.0800. The maximum atomic E-state index is 14.0. The molecular weight excluding hydrogens is 462 g/mol. The second kappa shape index (κ2) is 7.81. The lowest BCUT2D eigenvalue weighted by Crippen LogP contribution is -2.30. The van der Waals surface area contributed by atoms with E-state index in [-0.39, 0.29) is 18.0 Å². The van der Waals surface area contributed by atoms with Crippen LogP contribution in [-0.4, -0.2) is 35.0 Å². The summed E-state index contributed by atoms with van der Waals surface area (Å²) >= 11 is 6.23. The number of nitrogens with zero attached hydrogens (tertiary/aromatic N) is 6. The molecule has 0 aliphatic carbocycles. The van der Waals surface area contributed by atoms with Crippen molar-refractivity contribution in [3.63, 3.8) is 0 Å². The molecule has 4 aromatic heterocycles. The topological polar surface area (TPSA) is 84.1 Å². The van der Waals surface area contributed by atoms with Crippen molar-refractivity contribution < 1.29 is 4.79 Å². The number of hydrogen-bond donors (Lipinski definition) is 1. The monoisotopic (exact) mass is 485 g/mol. The summed E-state index contributed by atoms with van der Waals surface area (Å²) in [5.41, 5.74) is 5.64. The van der Waals surface area contributed by atoms with Crippen LogP contribution in [0.15, 0.2) is 54.9 Å². The van der Waals surface area contributed by atoms with Crippen LogP contribution in [0.1, 0.15) is 59.1 Å². The number of carbonyl (C=O) groups is 1. The van der Waals surface area contributed by atoms with E-state index in [1.54, 1.807) is 0 Å². The molecule has 1 aromatic carbocycles. The van der Waals surface area contributed by atoms with Crippen molar-refractivity contribution in [1.82, 2.24) is 29.1 Å². The van der Waals surface area contributed by atoms with Crippen LogP contribution >= 0.6 is 11.6 Å². The van der Waals surface area contributed by atoms with E-state index < -0.39 is 0 Å². The number of rotatable bonds is 4. The Kier molecular flexibility index (Phi) is 4.82. The minimum Gasteiger partial charge on any atom is -0.359 e. The highest BCUT2D eigenvalue weighted by molar-refractivity contribution is 6.30. The Morgan fingerprint density at radius 2 is 1.86 bits per heavy atom. The van der Waals surface area contributed by atoms with Crippen LogP contribution in [0.4, 0.5) is 5.69 Å². The summed E-state index contributed by atoms with van der Waals surface area (Å²) in [6, 6.07) is 13.3. The number of imidazole rings is 1. The number of pyridine rings is 1. The first-order valence-electron chi connectivity index (χ1n) is 11.5. The molecule has 0 spiro atoms. The van der Waals surface area contributed by atoms with Gasteiger partial charge in [-0.25, -0.2) is 4.98 Å². The Hall–Kier alpha value is -3.91. The number of fused-ring (bicyclic) bond motifs is 2. The van der Waals surface area contributed by atoms with Crippen molar-refractivity contribution in [2.45, 2.75) is 39.8 Å². The predicted molar refractivity (Wildman–Crippen MR) is 135 cm³/mol. The molecule has 176 valence electrons. The number of anilines is 1. The van der Waals surface area contributed by atoms with Gasteiger partial charge in [-0.05, 0) is 69.2 Å². The molecule has 5 aromatic rings. The van der Waals surface area contributed by atoms with Crippen molar-refractivity contribution in [2.75, 3.05) is 4.90 Å². The fourth-order valence-corrected chi connectivity index (χ4v) is 5.12. The van der Waals surface area contributed by atoms with Gasteiger partial charge in [0.05, 0.1) is 17.1 Å². The van der Waals surface area contributed by atoms with E-state index >= 15 is 0 Å². The highest BCUT2D eigenvalue weighted by Gasteiger charge is 2.45. The number of H-pyrrole nitrogens is 1. The lowest BCUT2D eigenvalue weighted by Gasteiger charge is -2.28. The first-order valence-corrected chi connectivity index (χ1v) is 11.9. The van der Waals surface area contributed by atoms with Crippen LogP contribution in [0.2, 0.25) is 5.02 Å². The quantitative estimate of drug-likeness (QED) is 0.363. The van der Waals surface area contributed by atoms with E-state index in [2.05, 4.69) is 33.6 Å². The summed E-state index contributed by atoms with van der Waals surface area (Å²) < 4.78 is 4.09. The lowest BCUT2D eigenvalue weighted by atomic mass is 10.0. The molecule has 1 unspecified atom stereocenters. The molecule has 5 heterocycles. The molecule has 8 nitrogen and oxygen atoms in total. The number of aromatic nitrogens is 6. The number of aryl methyl sites for hydroxylation is 2. The van der Waals surface area contributed by atoms with Gasteiger partial charge in [-0.15, -0.1) is 10.2 Å². The summed E-state index contributed by atoms with van der Waals surface area (Å²) in [6.07, 6.45) is 3.79. The van der Waals surface area contributed by atoms with E-state index in [0.29, 0.717) is 10.7 Å². The molecule has 1 N–H and O–H groups in total. The third kappa shape index (κ3) is 3.20. The molecule has 0 saturated carbocycles. The highest BCUT2D eigenvalue weighted by Crippen LogP contribution is 2.44. The Balaban J connectivity index is 1.62. The molecule has 6 rings (SSSR count). The fraction of sp³-hybridized carbons (Fsp3) is 0.231. The third-order valence-corrected chi connectivity index (χ3v) is 6.80. The van der Waals surface area contributed by atoms with E-state index in [1.165, 1.54) is 0 Å². The first kappa shape index (κ1) is 21.6. The Morgan fingerprint density at radius 1 is 1.09 bits per heavy atom. The fourth-order valence-electron chi connectivity index (χ4n) is 5.00. The number of amides is 1. The second-order valence-electron chi connectivity index (χ2n) is 9.17. The first-order chi connectivity index (χ1) is 16.8. The maximum Gasteiger partial charge on any atom is 0.279 e. The van der Waals surface area contributed by atoms with Crippen molar-refractivity contribution in [1.29, 1.82) is 0 Å². The van der Waals surface area contributed by atoms with E-state index in [9.17, 15) is 4.79 Å². The van der Waals surface area contributed by atoms with Gasteiger partial charge >= 0.3 is 0 Å². The molecule has 35 heavy (non-hydrogen) atoms. The number of aromatic amines is 1. The summed E-state index contributed by atoms with van der Waals surface area (Å²) in [7, 11) is 0. The minimum atomic E-state index is -0.373. The van der Waals surface area contributed by atoms with Gasteiger partial charge in [0.25, 0.3) is 5.91 Å². The van der Waals surface area contributed by atoms with Gasteiger partial charge in [-0.1, -0.05) is 23.7 Å². The number of halogens is 1. The summed E-state index contributed by atoms with van der Waals surface area (Å²) in [5.74, 6) is 1.37. The van der Waals surface area contributed by atoms with Gasteiger partial charge in [0.15, 0.2) is 17.2 Å². The third-order valence-electron chi connectivity index (χ3n) is 6.55. The Morgan fingerprint density at radius 3 is 2.54 bits per heavy atom. The smallest absolute Gasteiger partial charge is 0.279 e. The predicted octanol–water partition coefficient (Wildman–Crippen LogP) is 5.52. The van der Waals surface area contributed by atoms with E-state index in [1.807, 2.05) is 78.0 Å². The molecule has 1 aliphatic heterocycles. The molecular formula is C26H24ClN7O. The van der Waals surface area contributed by atoms with Crippen LogP contribution in [0.3, 0.4) is 0 Å². The largest absolute Gasteiger partial charge is 0.359 e. The molecule has 0 radical (unpaired) electrons. The Bertz CT molecular complexity index is 1580. The van der Waals surface area contributed by atoms with Crippen molar-refractivity contribution in [3.05, 3.63) is 88.2 Å². The molecule has 0 fully saturated rings. The van der Waals surface area contributed by atoms with Gasteiger partial charge in [0.1, 0.15) is 11.9 Å². The zero-order chi connectivity index (χ0) is 24.4. The molecule has 0 bridgehead atoms. The van der Waals surface area contributed by atoms with Crippen LogP contribution < -0.4 is 4.90 Å². The average Bonchev–Trinajstić information content (AvgIpc) is 3.59. The molecule has 0 saturated heterocycles. The van der Waals surface area contributed by atoms with Crippen LogP contribution in [-0.2, 0) is 0 Å². The van der Waals surface area contributed by atoms with Crippen LogP contribution in [0.25, 0.3) is 17.2 Å². The van der Waals surface area contributed by atoms with Crippen molar-refractivity contribution in [2.24, 2.45) is 0 Å². The van der Waals surface area contributed by atoms with Crippen molar-refractivity contribution in [3.8, 4) is 11.5 Å². The molecule has 9 heteroatoms. The lowest BCUT2D eigenvalue weighted by molar-refractivity contribution is 0.0989. The van der Waals surface area contributed by atoms with Gasteiger partial charge < -0.3 is 9.55 Å². The van der Waals surface area contributed by atoms with E-state index in [4.69, 9.17) is 16.6 Å². The SMILES string of the molecule is Cc1cc(N2C(=O)c3nc(-c4ccc[nH]4)n(C(C)C)c3C2c2ccc(Cl)cc2)cn2c(C)nnc12. The normalized spacial score (nSPS) is 15.5. The maximum absolute atomic E-state index is 14.0.